The van der Waals surface area contributed by atoms with Crippen LogP contribution in [0.2, 0.25) is 5.02 Å². The van der Waals surface area contributed by atoms with E-state index in [0.717, 1.165) is 27.0 Å². The molecule has 0 atom stereocenters. The Morgan fingerprint density at radius 1 is 1.11 bits per heavy atom. The number of nitrogens with zero attached hydrogens (tertiary/aromatic N) is 4. The molecular formula is C27H27ClN4O3S2. The molecule has 1 aliphatic heterocycles. The maximum absolute atomic E-state index is 13.9. The SMILES string of the molecule is Cc1cc(C)c2sc(N(Cc3ccccn3)C(=O)C3CCN(S(=O)(=O)c4ccc(Cl)cc4)CC3)nc2c1. The molecule has 0 N–H and O–H groups in total. The van der Waals surface area contributed by atoms with Gasteiger partial charge >= 0.3 is 0 Å². The monoisotopic (exact) mass is 554 g/mol. The van der Waals surface area contributed by atoms with Crippen molar-refractivity contribution < 1.29 is 13.2 Å². The summed E-state index contributed by atoms with van der Waals surface area (Å²) in [6.45, 7) is 4.95. The fourth-order valence-electron chi connectivity index (χ4n) is 4.69. The van der Waals surface area contributed by atoms with Gasteiger partial charge in [-0.3, -0.25) is 14.7 Å². The summed E-state index contributed by atoms with van der Waals surface area (Å²) in [5.41, 5.74) is 3.90. The molecule has 7 nitrogen and oxygen atoms in total. The van der Waals surface area contributed by atoms with Crippen LogP contribution in [0.5, 0.6) is 0 Å². The van der Waals surface area contributed by atoms with E-state index >= 15 is 0 Å². The molecule has 37 heavy (non-hydrogen) atoms. The predicted molar refractivity (Wildman–Crippen MR) is 147 cm³/mol. The van der Waals surface area contributed by atoms with Gasteiger partial charge in [-0.25, -0.2) is 13.4 Å². The second-order valence-electron chi connectivity index (χ2n) is 9.30. The third-order valence-corrected chi connectivity index (χ3v) is 10.0. The Bertz CT molecular complexity index is 1530. The number of fused-ring (bicyclic) bond motifs is 1. The Hall–Kier alpha value is -2.85. The number of pyridine rings is 1. The van der Waals surface area contributed by atoms with Crippen molar-refractivity contribution in [1.29, 1.82) is 0 Å². The number of halogens is 1. The van der Waals surface area contributed by atoms with Gasteiger partial charge in [-0.15, -0.1) is 0 Å². The molecular weight excluding hydrogens is 528 g/mol. The van der Waals surface area contributed by atoms with E-state index in [1.165, 1.54) is 27.8 Å². The van der Waals surface area contributed by atoms with E-state index < -0.39 is 10.0 Å². The number of carbonyl (C=O) groups excluding carboxylic acids is 1. The molecule has 1 amide bonds. The minimum Gasteiger partial charge on any atom is -0.282 e. The van der Waals surface area contributed by atoms with Crippen LogP contribution in [-0.4, -0.2) is 41.7 Å². The van der Waals surface area contributed by atoms with E-state index in [1.54, 1.807) is 23.2 Å². The highest BCUT2D eigenvalue weighted by Gasteiger charge is 2.35. The highest BCUT2D eigenvalue weighted by atomic mass is 35.5. The number of hydrogen-bond donors (Lipinski definition) is 0. The fourth-order valence-corrected chi connectivity index (χ4v) is 7.31. The Kier molecular flexibility index (Phi) is 7.31. The van der Waals surface area contributed by atoms with Gasteiger partial charge in [-0.2, -0.15) is 4.31 Å². The summed E-state index contributed by atoms with van der Waals surface area (Å²) in [4.78, 5) is 25.1. The van der Waals surface area contributed by atoms with Gasteiger partial charge in [0.25, 0.3) is 0 Å². The molecule has 0 bridgehead atoms. The number of benzene rings is 2. The third kappa shape index (κ3) is 5.40. The highest BCUT2D eigenvalue weighted by molar-refractivity contribution is 7.89. The van der Waals surface area contributed by atoms with E-state index in [9.17, 15) is 13.2 Å². The normalized spacial score (nSPS) is 15.2. The minimum atomic E-state index is -3.65. The van der Waals surface area contributed by atoms with Crippen molar-refractivity contribution in [2.45, 2.75) is 38.1 Å². The van der Waals surface area contributed by atoms with E-state index in [1.807, 2.05) is 31.2 Å². The maximum atomic E-state index is 13.9. The standard InChI is InChI=1S/C27H27ClN4O3S2/c1-18-15-19(2)25-24(16-18)30-27(36-25)32(17-22-5-3-4-12-29-22)26(33)20-10-13-31(14-11-20)37(34,35)23-8-6-21(28)7-9-23/h3-9,12,15-16,20H,10-11,13-14,17H2,1-2H3. The smallest absolute Gasteiger partial charge is 0.243 e. The summed E-state index contributed by atoms with van der Waals surface area (Å²) in [7, 11) is -3.65. The first-order valence-corrected chi connectivity index (χ1v) is 14.7. The van der Waals surface area contributed by atoms with Gasteiger partial charge in [-0.05, 0) is 80.3 Å². The first-order chi connectivity index (χ1) is 17.7. The minimum absolute atomic E-state index is 0.0531. The van der Waals surface area contributed by atoms with Gasteiger partial charge in [0.1, 0.15) is 0 Å². The van der Waals surface area contributed by atoms with Crippen LogP contribution in [0.25, 0.3) is 10.2 Å². The van der Waals surface area contributed by atoms with Crippen LogP contribution >= 0.6 is 22.9 Å². The maximum Gasteiger partial charge on any atom is 0.243 e. The second kappa shape index (κ2) is 10.5. The van der Waals surface area contributed by atoms with Crippen LogP contribution in [-0.2, 0) is 21.4 Å². The quantitative estimate of drug-likeness (QED) is 0.310. The number of aryl methyl sites for hydroxylation is 2. The number of rotatable bonds is 6. The summed E-state index contributed by atoms with van der Waals surface area (Å²) < 4.78 is 28.7. The van der Waals surface area contributed by atoms with Crippen LogP contribution in [0.1, 0.15) is 29.7 Å². The van der Waals surface area contributed by atoms with Gasteiger partial charge < -0.3 is 0 Å². The molecule has 3 heterocycles. The van der Waals surface area contributed by atoms with Crippen molar-refractivity contribution in [2.24, 2.45) is 5.92 Å². The van der Waals surface area contributed by atoms with Crippen LogP contribution in [0.4, 0.5) is 5.13 Å². The molecule has 1 fully saturated rings. The molecule has 0 spiro atoms. The zero-order chi connectivity index (χ0) is 26.2. The van der Waals surface area contributed by atoms with Gasteiger partial charge in [0.2, 0.25) is 15.9 Å². The van der Waals surface area contributed by atoms with Gasteiger partial charge in [0.05, 0.1) is 27.4 Å². The first kappa shape index (κ1) is 25.8. The van der Waals surface area contributed by atoms with Crippen LogP contribution in [0.15, 0.2) is 65.7 Å². The number of hydrogen-bond acceptors (Lipinski definition) is 6. The molecule has 1 aliphatic rings. The number of amides is 1. The average Bonchev–Trinajstić information content (AvgIpc) is 3.32. The number of anilines is 1. The molecule has 0 saturated carbocycles. The van der Waals surface area contributed by atoms with Crippen LogP contribution in [0.3, 0.4) is 0 Å². The van der Waals surface area contributed by atoms with E-state index in [-0.39, 0.29) is 29.8 Å². The summed E-state index contributed by atoms with van der Waals surface area (Å²) in [5.74, 6) is -0.363. The number of thiazole rings is 1. The molecule has 2 aromatic carbocycles. The molecule has 0 unspecified atom stereocenters. The highest BCUT2D eigenvalue weighted by Crippen LogP contribution is 2.35. The van der Waals surface area contributed by atoms with Crippen LogP contribution in [0, 0.1) is 19.8 Å². The van der Waals surface area contributed by atoms with Crippen molar-refractivity contribution in [3.63, 3.8) is 0 Å². The predicted octanol–water partition coefficient (Wildman–Crippen LogP) is 5.60. The molecule has 2 aromatic heterocycles. The molecule has 4 aromatic rings. The Morgan fingerprint density at radius 2 is 1.84 bits per heavy atom. The molecule has 5 rings (SSSR count). The molecule has 0 aliphatic carbocycles. The number of aromatic nitrogens is 2. The summed E-state index contributed by atoms with van der Waals surface area (Å²) in [6.07, 6.45) is 2.59. The van der Waals surface area contributed by atoms with E-state index in [4.69, 9.17) is 16.6 Å². The van der Waals surface area contributed by atoms with Gasteiger partial charge in [0.15, 0.2) is 5.13 Å². The number of sulfonamides is 1. The fraction of sp³-hybridized carbons (Fsp3) is 0.296. The number of carbonyl (C=O) groups is 1. The van der Waals surface area contributed by atoms with E-state index in [2.05, 4.69) is 18.0 Å². The van der Waals surface area contributed by atoms with Crippen LogP contribution < -0.4 is 4.90 Å². The van der Waals surface area contributed by atoms with Crippen molar-refractivity contribution in [3.8, 4) is 0 Å². The van der Waals surface area contributed by atoms with Gasteiger partial charge in [-0.1, -0.05) is 35.1 Å². The summed E-state index contributed by atoms with van der Waals surface area (Å²) in [6, 6.07) is 16.0. The Morgan fingerprint density at radius 3 is 2.51 bits per heavy atom. The van der Waals surface area contributed by atoms with Crippen molar-refractivity contribution in [3.05, 3.63) is 82.6 Å². The lowest BCUT2D eigenvalue weighted by Crippen LogP contribution is -2.44. The Labute approximate surface area is 225 Å². The van der Waals surface area contributed by atoms with Crippen molar-refractivity contribution in [2.75, 3.05) is 18.0 Å². The third-order valence-electron chi connectivity index (χ3n) is 6.61. The summed E-state index contributed by atoms with van der Waals surface area (Å²) >= 11 is 7.43. The first-order valence-electron chi connectivity index (χ1n) is 12.1. The van der Waals surface area contributed by atoms with Crippen molar-refractivity contribution >= 4 is 54.2 Å². The molecule has 1 saturated heterocycles. The molecule has 192 valence electrons. The Balaban J connectivity index is 1.39. The van der Waals surface area contributed by atoms with Gasteiger partial charge in [0, 0.05) is 30.2 Å². The summed E-state index contributed by atoms with van der Waals surface area (Å²) in [5, 5.41) is 1.12. The largest absolute Gasteiger partial charge is 0.282 e. The lowest BCUT2D eigenvalue weighted by atomic mass is 9.96. The number of piperidine rings is 1. The second-order valence-corrected chi connectivity index (χ2v) is 12.7. The molecule has 0 radical (unpaired) electrons. The lowest BCUT2D eigenvalue weighted by molar-refractivity contribution is -0.123. The lowest BCUT2D eigenvalue weighted by Gasteiger charge is -2.33. The topological polar surface area (TPSA) is 83.5 Å². The van der Waals surface area contributed by atoms with E-state index in [0.29, 0.717) is 29.5 Å². The molecule has 10 heteroatoms. The zero-order valence-corrected chi connectivity index (χ0v) is 23.0. The zero-order valence-electron chi connectivity index (χ0n) is 20.6. The van der Waals surface area contributed by atoms with Crippen molar-refractivity contribution in [1.82, 2.24) is 14.3 Å². The average molecular weight is 555 g/mol.